The number of ether oxygens (including phenoxy) is 1. The fourth-order valence-corrected chi connectivity index (χ4v) is 6.25. The van der Waals surface area contributed by atoms with Crippen LogP contribution in [0.2, 0.25) is 0 Å². The highest BCUT2D eigenvalue weighted by atomic mass is 19.2. The Labute approximate surface area is 256 Å². The van der Waals surface area contributed by atoms with Crippen molar-refractivity contribution in [2.24, 2.45) is 11.3 Å². The molecule has 2 aromatic heterocycles. The quantitative estimate of drug-likeness (QED) is 0.189. The molecule has 1 aliphatic rings. The van der Waals surface area contributed by atoms with Crippen LogP contribution in [0.15, 0.2) is 91.0 Å². The number of benzene rings is 4. The van der Waals surface area contributed by atoms with Crippen LogP contribution < -0.4 is 4.74 Å². The molecule has 45 heavy (non-hydrogen) atoms. The summed E-state index contributed by atoms with van der Waals surface area (Å²) in [6.07, 6.45) is 0. The molecule has 6 aromatic rings. The van der Waals surface area contributed by atoms with Crippen molar-refractivity contribution in [2.45, 2.75) is 32.9 Å². The van der Waals surface area contributed by atoms with E-state index in [0.29, 0.717) is 39.3 Å². The summed E-state index contributed by atoms with van der Waals surface area (Å²) in [5.74, 6) is -3.31. The number of imidazole rings is 1. The molecule has 2 heterocycles. The summed E-state index contributed by atoms with van der Waals surface area (Å²) in [6.45, 7) is 4.12. The highest BCUT2D eigenvalue weighted by Gasteiger charge is 2.64. The van der Waals surface area contributed by atoms with Crippen LogP contribution in [0.5, 0.6) is 5.75 Å². The van der Waals surface area contributed by atoms with E-state index < -0.39 is 34.8 Å². The largest absolute Gasteiger partial charge is 0.487 e. The summed E-state index contributed by atoms with van der Waals surface area (Å²) in [5.41, 5.74) is 3.51. The normalized spacial score (nSPS) is 17.1. The molecular weight excluding hydrogens is 579 g/mol. The Hall–Kier alpha value is -5.18. The number of aromatic nitrogens is 3. The van der Waals surface area contributed by atoms with Gasteiger partial charge < -0.3 is 14.4 Å². The van der Waals surface area contributed by atoms with Crippen molar-refractivity contribution in [1.82, 2.24) is 14.5 Å². The molecule has 0 amide bonds. The molecule has 2 unspecified atom stereocenters. The van der Waals surface area contributed by atoms with Gasteiger partial charge in [0.2, 0.25) is 0 Å². The van der Waals surface area contributed by atoms with Crippen molar-refractivity contribution in [3.63, 3.8) is 0 Å². The summed E-state index contributed by atoms with van der Waals surface area (Å²) in [6, 6.07) is 25.2. The molecule has 4 aromatic carbocycles. The van der Waals surface area contributed by atoms with E-state index in [9.17, 15) is 18.7 Å². The van der Waals surface area contributed by atoms with E-state index in [1.165, 1.54) is 12.1 Å². The predicted molar refractivity (Wildman–Crippen MR) is 164 cm³/mol. The van der Waals surface area contributed by atoms with E-state index in [2.05, 4.69) is 4.98 Å². The van der Waals surface area contributed by atoms with Crippen molar-refractivity contribution in [3.8, 4) is 16.9 Å². The third-order valence-corrected chi connectivity index (χ3v) is 8.80. The van der Waals surface area contributed by atoms with Crippen LogP contribution in [-0.4, -0.2) is 25.6 Å². The monoisotopic (exact) mass is 607 g/mol. The second-order valence-electron chi connectivity index (χ2n) is 12.0. The lowest BCUT2D eigenvalue weighted by atomic mass is 10.0. The van der Waals surface area contributed by atoms with E-state index in [1.54, 1.807) is 24.3 Å². The molecule has 7 rings (SSSR count). The summed E-state index contributed by atoms with van der Waals surface area (Å²) in [7, 11) is 0. The van der Waals surface area contributed by atoms with Gasteiger partial charge in [-0.2, -0.15) is 0 Å². The van der Waals surface area contributed by atoms with Gasteiger partial charge in [-0.15, -0.1) is 0 Å². The van der Waals surface area contributed by atoms with Gasteiger partial charge in [0, 0.05) is 22.9 Å². The third kappa shape index (κ3) is 5.18. The smallest absolute Gasteiger partial charge is 0.307 e. The molecular formula is C36H28F3N3O3. The number of halogens is 3. The van der Waals surface area contributed by atoms with Crippen LogP contribution in [-0.2, 0) is 17.9 Å². The zero-order valence-corrected chi connectivity index (χ0v) is 24.5. The van der Waals surface area contributed by atoms with Gasteiger partial charge in [0.15, 0.2) is 11.6 Å². The first kappa shape index (κ1) is 28.6. The molecule has 2 atom stereocenters. The number of carboxylic acid groups (broad SMARTS) is 1. The first-order valence-corrected chi connectivity index (χ1v) is 14.5. The molecule has 226 valence electrons. The van der Waals surface area contributed by atoms with Gasteiger partial charge in [-0.05, 0) is 59.0 Å². The minimum Gasteiger partial charge on any atom is -0.487 e. The zero-order chi connectivity index (χ0) is 31.5. The molecule has 0 spiro atoms. The van der Waals surface area contributed by atoms with Gasteiger partial charge in [0.25, 0.3) is 0 Å². The van der Waals surface area contributed by atoms with E-state index >= 15 is 4.39 Å². The summed E-state index contributed by atoms with van der Waals surface area (Å²) in [4.78, 5) is 21.6. The maximum absolute atomic E-state index is 15.5. The number of rotatable bonds is 8. The number of hydrogen-bond acceptors (Lipinski definition) is 4. The highest BCUT2D eigenvalue weighted by Crippen LogP contribution is 2.64. The molecule has 1 N–H and O–H groups in total. The molecule has 0 bridgehead atoms. The van der Waals surface area contributed by atoms with E-state index in [4.69, 9.17) is 9.72 Å². The first-order valence-electron chi connectivity index (χ1n) is 14.5. The Morgan fingerprint density at radius 2 is 1.60 bits per heavy atom. The van der Waals surface area contributed by atoms with Crippen molar-refractivity contribution in [3.05, 3.63) is 126 Å². The van der Waals surface area contributed by atoms with Crippen molar-refractivity contribution >= 4 is 27.9 Å². The van der Waals surface area contributed by atoms with Crippen molar-refractivity contribution in [1.29, 1.82) is 0 Å². The second kappa shape index (κ2) is 10.8. The molecule has 0 saturated heterocycles. The van der Waals surface area contributed by atoms with Gasteiger partial charge in [-0.3, -0.25) is 4.79 Å². The number of hydrogen-bond donors (Lipinski definition) is 1. The average Bonchev–Trinajstić information content (AvgIpc) is 3.44. The maximum Gasteiger partial charge on any atom is 0.307 e. The topological polar surface area (TPSA) is 77.2 Å². The zero-order valence-electron chi connectivity index (χ0n) is 24.5. The molecule has 1 saturated carbocycles. The molecule has 6 nitrogen and oxygen atoms in total. The molecule has 0 aliphatic heterocycles. The van der Waals surface area contributed by atoms with Gasteiger partial charge in [0.1, 0.15) is 24.0 Å². The van der Waals surface area contributed by atoms with Gasteiger partial charge in [0.05, 0.1) is 34.7 Å². The van der Waals surface area contributed by atoms with E-state index in [0.717, 1.165) is 28.7 Å². The standard InChI is InChI=1S/C36H28F3N3O3/c1-36(2)32(33(36)35(43)44)34-41-30-17-25(45-19-24-11-9-20-5-3-4-6-29(20)40-24)12-14-31(30)42(34)18-23-8-7-21(15-27(23)38)22-10-13-26(37)28(39)16-22/h3-17,32-33H,18-19H2,1-2H3,(H,43,44). The fraction of sp³-hybridized carbons (Fsp3) is 0.194. The number of para-hydroxylation sites is 1. The summed E-state index contributed by atoms with van der Waals surface area (Å²) >= 11 is 0. The maximum atomic E-state index is 15.5. The van der Waals surface area contributed by atoms with E-state index in [-0.39, 0.29) is 19.1 Å². The van der Waals surface area contributed by atoms with Crippen LogP contribution in [0, 0.1) is 28.8 Å². The molecule has 1 fully saturated rings. The number of nitrogens with zero attached hydrogens (tertiary/aromatic N) is 3. The lowest BCUT2D eigenvalue weighted by molar-refractivity contribution is -0.139. The number of carbonyl (C=O) groups is 1. The van der Waals surface area contributed by atoms with Crippen LogP contribution in [0.1, 0.15) is 36.8 Å². The Morgan fingerprint density at radius 3 is 2.33 bits per heavy atom. The third-order valence-electron chi connectivity index (χ3n) is 8.80. The summed E-state index contributed by atoms with van der Waals surface area (Å²) < 4.78 is 50.7. The lowest BCUT2D eigenvalue weighted by Crippen LogP contribution is -2.08. The second-order valence-corrected chi connectivity index (χ2v) is 12.0. The minimum absolute atomic E-state index is 0.0931. The number of aliphatic carboxylic acids is 1. The molecule has 0 radical (unpaired) electrons. The Bertz CT molecular complexity index is 2120. The molecule has 1 aliphatic carbocycles. The first-order chi connectivity index (χ1) is 21.6. The average molecular weight is 608 g/mol. The van der Waals surface area contributed by atoms with Crippen LogP contribution in [0.25, 0.3) is 33.1 Å². The summed E-state index contributed by atoms with van der Waals surface area (Å²) in [5, 5.41) is 11.0. The van der Waals surface area contributed by atoms with Crippen LogP contribution in [0.4, 0.5) is 13.2 Å². The SMILES string of the molecule is CC1(C)C(C(=O)O)C1c1nc2cc(OCc3ccc4ccccc4n3)ccc2n1Cc1ccc(-c2ccc(F)c(F)c2)cc1F. The number of pyridine rings is 1. The van der Waals surface area contributed by atoms with Crippen LogP contribution in [0.3, 0.4) is 0 Å². The minimum atomic E-state index is -1.01. The van der Waals surface area contributed by atoms with Crippen molar-refractivity contribution < 1.29 is 27.8 Å². The molecule has 9 heteroatoms. The van der Waals surface area contributed by atoms with Gasteiger partial charge in [-0.25, -0.2) is 23.1 Å². The Morgan fingerprint density at radius 1 is 0.844 bits per heavy atom. The lowest BCUT2D eigenvalue weighted by Gasteiger charge is -2.13. The fourth-order valence-electron chi connectivity index (χ4n) is 6.25. The number of fused-ring (bicyclic) bond motifs is 2. The van der Waals surface area contributed by atoms with Gasteiger partial charge >= 0.3 is 5.97 Å². The Kier molecular flexibility index (Phi) is 6.84. The highest BCUT2D eigenvalue weighted by molar-refractivity contribution is 5.81. The number of carboxylic acids is 1. The predicted octanol–water partition coefficient (Wildman–Crippen LogP) is 8.12. The Balaban J connectivity index is 1.21. The van der Waals surface area contributed by atoms with Crippen molar-refractivity contribution in [2.75, 3.05) is 0 Å². The van der Waals surface area contributed by atoms with Crippen LogP contribution >= 0.6 is 0 Å². The van der Waals surface area contributed by atoms with E-state index in [1.807, 2.05) is 60.9 Å². The van der Waals surface area contributed by atoms with Gasteiger partial charge in [-0.1, -0.05) is 56.3 Å².